The standard InChI is InChI=1S/C22H18F3N3O4/c23-17-7-14(21-11-26-5-6-30-21)2-1-13(17)8-18(29)15-10-27-28(12-15)16-3-4-19-20(9-16)32-22(24,25)31-19/h1-4,7,9-10,12,21,26H,5-6,8,11H2/t21-/m1/s1. The Morgan fingerprint density at radius 2 is 2.03 bits per heavy atom. The minimum absolute atomic E-state index is 0.0875. The van der Waals surface area contributed by atoms with E-state index in [-0.39, 0.29) is 40.9 Å². The van der Waals surface area contributed by atoms with Gasteiger partial charge in [0.15, 0.2) is 17.3 Å². The maximum atomic E-state index is 14.6. The van der Waals surface area contributed by atoms with Gasteiger partial charge in [0.2, 0.25) is 0 Å². The molecule has 5 rings (SSSR count). The van der Waals surface area contributed by atoms with Crippen LogP contribution < -0.4 is 14.8 Å². The molecule has 1 aromatic heterocycles. The summed E-state index contributed by atoms with van der Waals surface area (Å²) in [5, 5.41) is 7.30. The van der Waals surface area contributed by atoms with Crippen molar-refractivity contribution in [2.75, 3.05) is 19.7 Å². The SMILES string of the molecule is O=C(Cc1ccc([C@H]2CNCCO2)cc1F)c1cnn(-c2ccc3c(c2)OC(F)(F)O3)c1. The zero-order chi connectivity index (χ0) is 22.3. The highest BCUT2D eigenvalue weighted by Gasteiger charge is 2.43. The average Bonchev–Trinajstić information content (AvgIpc) is 3.38. The number of carbonyl (C=O) groups excluding carboxylic acids is 1. The Balaban J connectivity index is 1.29. The number of aromatic nitrogens is 2. The molecule has 0 saturated carbocycles. The normalized spacial score (nSPS) is 19.2. The lowest BCUT2D eigenvalue weighted by atomic mass is 10.0. The lowest BCUT2D eigenvalue weighted by Gasteiger charge is -2.24. The molecule has 3 aromatic rings. The van der Waals surface area contributed by atoms with Gasteiger partial charge in [0.25, 0.3) is 0 Å². The summed E-state index contributed by atoms with van der Waals surface area (Å²) in [7, 11) is 0. The highest BCUT2D eigenvalue weighted by atomic mass is 19.3. The second-order valence-electron chi connectivity index (χ2n) is 7.49. The number of ketones is 1. The summed E-state index contributed by atoms with van der Waals surface area (Å²) >= 11 is 0. The molecule has 2 aromatic carbocycles. The van der Waals surface area contributed by atoms with Gasteiger partial charge in [0.1, 0.15) is 5.82 Å². The van der Waals surface area contributed by atoms with Gasteiger partial charge in [-0.2, -0.15) is 5.10 Å². The van der Waals surface area contributed by atoms with E-state index in [9.17, 15) is 18.0 Å². The third-order valence-corrected chi connectivity index (χ3v) is 5.28. The van der Waals surface area contributed by atoms with E-state index in [0.29, 0.717) is 24.4 Å². The minimum Gasteiger partial charge on any atom is -0.395 e. The van der Waals surface area contributed by atoms with E-state index in [1.54, 1.807) is 12.1 Å². The van der Waals surface area contributed by atoms with E-state index in [1.165, 1.54) is 41.3 Å². The van der Waals surface area contributed by atoms with Crippen molar-refractivity contribution in [1.82, 2.24) is 15.1 Å². The number of nitrogens with one attached hydrogen (secondary N) is 1. The van der Waals surface area contributed by atoms with Crippen LogP contribution in [-0.4, -0.2) is 41.6 Å². The molecular weight excluding hydrogens is 427 g/mol. The molecule has 7 nitrogen and oxygen atoms in total. The first-order valence-electron chi connectivity index (χ1n) is 9.97. The Kier molecular flexibility index (Phi) is 5.10. The smallest absolute Gasteiger partial charge is 0.395 e. The third kappa shape index (κ3) is 4.06. The van der Waals surface area contributed by atoms with E-state index < -0.39 is 12.1 Å². The summed E-state index contributed by atoms with van der Waals surface area (Å²) < 4.78 is 56.8. The van der Waals surface area contributed by atoms with Crippen molar-refractivity contribution >= 4 is 5.78 Å². The fourth-order valence-corrected chi connectivity index (χ4v) is 3.65. The topological polar surface area (TPSA) is 74.6 Å². The molecule has 2 aliphatic rings. The lowest BCUT2D eigenvalue weighted by molar-refractivity contribution is -0.286. The van der Waals surface area contributed by atoms with Crippen molar-refractivity contribution < 1.29 is 32.2 Å². The molecule has 0 radical (unpaired) electrons. The van der Waals surface area contributed by atoms with Gasteiger partial charge >= 0.3 is 6.29 Å². The van der Waals surface area contributed by atoms with Crippen molar-refractivity contribution in [3.8, 4) is 17.2 Å². The van der Waals surface area contributed by atoms with Crippen LogP contribution in [0.15, 0.2) is 48.8 Å². The fraction of sp³-hybridized carbons (Fsp3) is 0.273. The van der Waals surface area contributed by atoms with Crippen molar-refractivity contribution in [3.05, 3.63) is 71.3 Å². The Morgan fingerprint density at radius 1 is 1.19 bits per heavy atom. The molecule has 166 valence electrons. The summed E-state index contributed by atoms with van der Waals surface area (Å²) in [6.45, 7) is 1.93. The molecule has 1 fully saturated rings. The second-order valence-corrected chi connectivity index (χ2v) is 7.49. The number of halogens is 3. The van der Waals surface area contributed by atoms with Crippen molar-refractivity contribution in [2.24, 2.45) is 0 Å². The number of hydrogen-bond acceptors (Lipinski definition) is 6. The molecule has 0 amide bonds. The van der Waals surface area contributed by atoms with E-state index in [2.05, 4.69) is 19.9 Å². The Labute approximate surface area is 180 Å². The van der Waals surface area contributed by atoms with Gasteiger partial charge in [0.05, 0.1) is 30.2 Å². The van der Waals surface area contributed by atoms with Crippen LogP contribution in [0, 0.1) is 5.82 Å². The van der Waals surface area contributed by atoms with Crippen LogP contribution in [0.4, 0.5) is 13.2 Å². The monoisotopic (exact) mass is 445 g/mol. The maximum absolute atomic E-state index is 14.6. The summed E-state index contributed by atoms with van der Waals surface area (Å²) in [5.74, 6) is -1.02. The molecule has 3 heterocycles. The summed E-state index contributed by atoms with van der Waals surface area (Å²) in [4.78, 5) is 12.7. The van der Waals surface area contributed by atoms with Crippen molar-refractivity contribution in [2.45, 2.75) is 18.8 Å². The molecule has 2 aliphatic heterocycles. The second kappa shape index (κ2) is 7.95. The van der Waals surface area contributed by atoms with Crippen LogP contribution in [0.5, 0.6) is 11.5 Å². The Morgan fingerprint density at radius 3 is 2.81 bits per heavy atom. The first kappa shape index (κ1) is 20.5. The number of rotatable bonds is 5. The molecule has 1 saturated heterocycles. The Bertz CT molecular complexity index is 1170. The predicted octanol–water partition coefficient (Wildman–Crippen LogP) is 3.42. The molecule has 0 unspecified atom stereocenters. The number of ether oxygens (including phenoxy) is 3. The number of alkyl halides is 2. The molecule has 1 N–H and O–H groups in total. The highest BCUT2D eigenvalue weighted by Crippen LogP contribution is 2.41. The number of nitrogens with zero attached hydrogens (tertiary/aromatic N) is 2. The van der Waals surface area contributed by atoms with E-state index in [1.807, 2.05) is 0 Å². The zero-order valence-corrected chi connectivity index (χ0v) is 16.7. The molecule has 32 heavy (non-hydrogen) atoms. The van der Waals surface area contributed by atoms with Gasteiger partial charge in [-0.25, -0.2) is 9.07 Å². The summed E-state index contributed by atoms with van der Waals surface area (Å²) in [6.07, 6.45) is -1.29. The summed E-state index contributed by atoms with van der Waals surface area (Å²) in [6, 6.07) is 8.91. The molecule has 0 aliphatic carbocycles. The zero-order valence-electron chi connectivity index (χ0n) is 16.7. The molecule has 0 bridgehead atoms. The predicted molar refractivity (Wildman–Crippen MR) is 106 cm³/mol. The van der Waals surface area contributed by atoms with Gasteiger partial charge in [-0.3, -0.25) is 4.79 Å². The Hall–Kier alpha value is -3.37. The van der Waals surface area contributed by atoms with Crippen LogP contribution in [0.2, 0.25) is 0 Å². The van der Waals surface area contributed by atoms with Crippen LogP contribution >= 0.6 is 0 Å². The highest BCUT2D eigenvalue weighted by molar-refractivity contribution is 5.97. The number of benzene rings is 2. The van der Waals surface area contributed by atoms with Crippen LogP contribution in [0.25, 0.3) is 5.69 Å². The fourth-order valence-electron chi connectivity index (χ4n) is 3.65. The number of carbonyl (C=O) groups is 1. The molecular formula is C22H18F3N3O4. The maximum Gasteiger partial charge on any atom is 0.586 e. The van der Waals surface area contributed by atoms with E-state index in [4.69, 9.17) is 4.74 Å². The number of fused-ring (bicyclic) bond motifs is 1. The van der Waals surface area contributed by atoms with Gasteiger partial charge in [-0.1, -0.05) is 12.1 Å². The first-order valence-corrected chi connectivity index (χ1v) is 9.97. The largest absolute Gasteiger partial charge is 0.586 e. The van der Waals surface area contributed by atoms with Crippen LogP contribution in [0.3, 0.4) is 0 Å². The summed E-state index contributed by atoms with van der Waals surface area (Å²) in [5.41, 5.74) is 1.64. The van der Waals surface area contributed by atoms with E-state index >= 15 is 0 Å². The number of Topliss-reactive ketones (excluding diaryl/α,β-unsaturated/α-hetero) is 1. The average molecular weight is 445 g/mol. The van der Waals surface area contributed by atoms with Crippen molar-refractivity contribution in [3.63, 3.8) is 0 Å². The quantitative estimate of drug-likeness (QED) is 0.607. The molecule has 10 heteroatoms. The first-order chi connectivity index (χ1) is 15.4. The number of morpholine rings is 1. The van der Waals surface area contributed by atoms with Crippen LogP contribution in [-0.2, 0) is 11.2 Å². The van der Waals surface area contributed by atoms with Gasteiger partial charge in [-0.05, 0) is 29.3 Å². The van der Waals surface area contributed by atoms with Crippen LogP contribution in [0.1, 0.15) is 27.6 Å². The van der Waals surface area contributed by atoms with Gasteiger partial charge < -0.3 is 19.5 Å². The molecule has 0 spiro atoms. The van der Waals surface area contributed by atoms with Crippen molar-refractivity contribution in [1.29, 1.82) is 0 Å². The van der Waals surface area contributed by atoms with Gasteiger partial charge in [-0.15, -0.1) is 8.78 Å². The number of hydrogen-bond donors (Lipinski definition) is 1. The molecule has 1 atom stereocenters. The van der Waals surface area contributed by atoms with Gasteiger partial charge in [0, 0.05) is 31.8 Å². The minimum atomic E-state index is -3.72. The lowest BCUT2D eigenvalue weighted by Crippen LogP contribution is -2.33. The third-order valence-electron chi connectivity index (χ3n) is 5.28. The van der Waals surface area contributed by atoms with E-state index in [0.717, 1.165) is 6.54 Å².